The van der Waals surface area contributed by atoms with Gasteiger partial charge in [-0.05, 0) is 74.8 Å². The van der Waals surface area contributed by atoms with E-state index in [1.807, 2.05) is 0 Å². The van der Waals surface area contributed by atoms with E-state index in [4.69, 9.17) is 0 Å². The van der Waals surface area contributed by atoms with Crippen LogP contribution in [0.3, 0.4) is 0 Å². The zero-order chi connectivity index (χ0) is 28.8. The van der Waals surface area contributed by atoms with Crippen LogP contribution < -0.4 is 0 Å². The first-order chi connectivity index (χ1) is 21.9. The molecule has 0 bridgehead atoms. The normalized spacial score (nSPS) is 12.1. The van der Waals surface area contributed by atoms with Gasteiger partial charge in [-0.2, -0.15) is 0 Å². The highest BCUT2D eigenvalue weighted by molar-refractivity contribution is 6.26. The second kappa shape index (κ2) is 8.82. The smallest absolute Gasteiger partial charge is 0.0562 e. The molecule has 2 heterocycles. The highest BCUT2D eigenvalue weighted by atomic mass is 15.0. The van der Waals surface area contributed by atoms with Crippen molar-refractivity contribution in [1.82, 2.24) is 9.13 Å². The monoisotopic (exact) mass is 558 g/mol. The molecular formula is C42H26N2. The molecule has 0 N–H and O–H groups in total. The van der Waals surface area contributed by atoms with Gasteiger partial charge in [-0.1, -0.05) is 115 Å². The summed E-state index contributed by atoms with van der Waals surface area (Å²) in [6.07, 6.45) is 0. The summed E-state index contributed by atoms with van der Waals surface area (Å²) in [4.78, 5) is 0. The van der Waals surface area contributed by atoms with E-state index in [1.54, 1.807) is 0 Å². The average molecular weight is 559 g/mol. The molecule has 10 rings (SSSR count). The van der Waals surface area contributed by atoms with E-state index in [9.17, 15) is 0 Å². The number of nitrogens with zero attached hydrogens (tertiary/aromatic N) is 2. The number of rotatable bonds is 2. The van der Waals surface area contributed by atoms with Gasteiger partial charge in [0.15, 0.2) is 0 Å². The van der Waals surface area contributed by atoms with Crippen molar-refractivity contribution in [3.63, 3.8) is 0 Å². The number of aromatic nitrogens is 2. The van der Waals surface area contributed by atoms with Gasteiger partial charge >= 0.3 is 0 Å². The average Bonchev–Trinajstić information content (AvgIpc) is 3.61. The molecule has 0 aliphatic rings. The van der Waals surface area contributed by atoms with E-state index >= 15 is 0 Å². The third-order valence-electron chi connectivity index (χ3n) is 9.48. The molecule has 0 atom stereocenters. The highest BCUT2D eigenvalue weighted by Crippen LogP contribution is 2.41. The van der Waals surface area contributed by atoms with Crippen LogP contribution in [0.25, 0.3) is 87.3 Å². The minimum Gasteiger partial charge on any atom is -0.309 e. The van der Waals surface area contributed by atoms with E-state index < -0.39 is 0 Å². The molecule has 0 spiro atoms. The predicted octanol–water partition coefficient (Wildman–Crippen LogP) is 11.3. The molecule has 2 aromatic heterocycles. The number of para-hydroxylation sites is 3. The largest absolute Gasteiger partial charge is 0.309 e. The van der Waals surface area contributed by atoms with Crippen LogP contribution >= 0.6 is 0 Å². The molecule has 0 fully saturated rings. The Hall–Kier alpha value is -5.86. The second-order valence-corrected chi connectivity index (χ2v) is 11.7. The molecule has 8 aromatic carbocycles. The lowest BCUT2D eigenvalue weighted by molar-refractivity contribution is 1.17. The molecule has 0 saturated carbocycles. The summed E-state index contributed by atoms with van der Waals surface area (Å²) in [7, 11) is 0. The Morgan fingerprint density at radius 1 is 0.273 bits per heavy atom. The molecule has 0 amide bonds. The lowest BCUT2D eigenvalue weighted by atomic mass is 9.94. The Kier molecular flexibility index (Phi) is 4.75. The molecule has 44 heavy (non-hydrogen) atoms. The van der Waals surface area contributed by atoms with Crippen LogP contribution in [0.1, 0.15) is 0 Å². The summed E-state index contributed by atoms with van der Waals surface area (Å²) < 4.78 is 4.90. The topological polar surface area (TPSA) is 9.86 Å². The fourth-order valence-electron chi connectivity index (χ4n) is 7.68. The minimum absolute atomic E-state index is 1.17. The second-order valence-electron chi connectivity index (χ2n) is 11.7. The van der Waals surface area contributed by atoms with Crippen molar-refractivity contribution < 1.29 is 0 Å². The van der Waals surface area contributed by atoms with Crippen molar-refractivity contribution in [2.45, 2.75) is 0 Å². The first-order valence-electron chi connectivity index (χ1n) is 15.2. The fraction of sp³-hybridized carbons (Fsp3) is 0. The van der Waals surface area contributed by atoms with Crippen LogP contribution in [-0.2, 0) is 0 Å². The van der Waals surface area contributed by atoms with Crippen molar-refractivity contribution in [2.75, 3.05) is 0 Å². The van der Waals surface area contributed by atoms with E-state index in [-0.39, 0.29) is 0 Å². The number of fused-ring (bicyclic) bond motifs is 12. The van der Waals surface area contributed by atoms with Gasteiger partial charge in [0.05, 0.1) is 27.8 Å². The van der Waals surface area contributed by atoms with Crippen LogP contribution in [0.15, 0.2) is 158 Å². The molecule has 0 aliphatic carbocycles. The zero-order valence-corrected chi connectivity index (χ0v) is 23.9. The molecule has 2 nitrogen and oxygen atoms in total. The van der Waals surface area contributed by atoms with Gasteiger partial charge in [0.25, 0.3) is 0 Å². The van der Waals surface area contributed by atoms with Crippen molar-refractivity contribution in [3.8, 4) is 11.4 Å². The van der Waals surface area contributed by atoms with Crippen LogP contribution in [0.2, 0.25) is 0 Å². The standard InChI is InChI=1S/C42H26N2/c1-2-14-30-28(12-1)29-13-3-4-15-31(29)36-26-27(24-25-32(30)36)43-39-21-10-7-18-35(39)42-40(43)22-11-23-41(42)44-37-19-8-5-16-33(37)34-17-6-9-20-38(34)44/h1-26H. The summed E-state index contributed by atoms with van der Waals surface area (Å²) in [5.74, 6) is 0. The van der Waals surface area contributed by atoms with Gasteiger partial charge in [-0.15, -0.1) is 0 Å². The van der Waals surface area contributed by atoms with E-state index in [2.05, 4.69) is 167 Å². The summed E-state index contributed by atoms with van der Waals surface area (Å²) in [6, 6.07) is 57.7. The Bertz CT molecular complexity index is 2690. The third kappa shape index (κ3) is 3.09. The third-order valence-corrected chi connectivity index (χ3v) is 9.48. The van der Waals surface area contributed by atoms with E-state index in [0.29, 0.717) is 0 Å². The fourth-order valence-corrected chi connectivity index (χ4v) is 7.68. The van der Waals surface area contributed by atoms with Crippen LogP contribution in [0, 0.1) is 0 Å². The minimum atomic E-state index is 1.17. The summed E-state index contributed by atoms with van der Waals surface area (Å²) in [6.45, 7) is 0. The Balaban J connectivity index is 1.33. The number of benzene rings is 8. The molecule has 2 heteroatoms. The number of hydrogen-bond donors (Lipinski definition) is 0. The zero-order valence-electron chi connectivity index (χ0n) is 23.9. The van der Waals surface area contributed by atoms with Gasteiger partial charge in [-0.25, -0.2) is 0 Å². The van der Waals surface area contributed by atoms with E-state index in [0.717, 1.165) is 0 Å². The summed E-state index contributed by atoms with van der Waals surface area (Å²) in [5, 5.41) is 12.8. The van der Waals surface area contributed by atoms with Gasteiger partial charge in [0.2, 0.25) is 0 Å². The highest BCUT2D eigenvalue weighted by Gasteiger charge is 2.19. The summed E-state index contributed by atoms with van der Waals surface area (Å²) in [5.41, 5.74) is 7.23. The molecule has 204 valence electrons. The molecule has 0 saturated heterocycles. The first-order valence-corrected chi connectivity index (χ1v) is 15.2. The van der Waals surface area contributed by atoms with Gasteiger partial charge in [-0.3, -0.25) is 0 Å². The Morgan fingerprint density at radius 3 is 1.30 bits per heavy atom. The lowest BCUT2D eigenvalue weighted by Crippen LogP contribution is -1.97. The Morgan fingerprint density at radius 2 is 0.705 bits per heavy atom. The molecule has 0 radical (unpaired) electrons. The Labute approximate surface area is 253 Å². The number of hydrogen-bond acceptors (Lipinski definition) is 0. The molecule has 0 unspecified atom stereocenters. The maximum atomic E-state index is 2.45. The van der Waals surface area contributed by atoms with Crippen molar-refractivity contribution in [1.29, 1.82) is 0 Å². The van der Waals surface area contributed by atoms with Gasteiger partial charge in [0.1, 0.15) is 0 Å². The van der Waals surface area contributed by atoms with Crippen LogP contribution in [0.4, 0.5) is 0 Å². The molecular weight excluding hydrogens is 532 g/mol. The first kappa shape index (κ1) is 23.7. The SMILES string of the molecule is c1ccc2c(c1)c1ccccc1c1cc(-n3c4ccccc4c4c(-n5c6ccccc6c6ccccc65)cccc43)ccc21. The van der Waals surface area contributed by atoms with Gasteiger partial charge in [0, 0.05) is 27.2 Å². The lowest BCUT2D eigenvalue weighted by Gasteiger charge is -2.14. The van der Waals surface area contributed by atoms with Gasteiger partial charge < -0.3 is 9.13 Å². The molecule has 10 aromatic rings. The van der Waals surface area contributed by atoms with Crippen molar-refractivity contribution >= 4 is 75.9 Å². The van der Waals surface area contributed by atoms with E-state index in [1.165, 1.54) is 87.3 Å². The molecule has 0 aliphatic heterocycles. The predicted molar refractivity (Wildman–Crippen MR) is 188 cm³/mol. The van der Waals surface area contributed by atoms with Crippen molar-refractivity contribution in [3.05, 3.63) is 158 Å². The maximum Gasteiger partial charge on any atom is 0.0562 e. The van der Waals surface area contributed by atoms with Crippen molar-refractivity contribution in [2.24, 2.45) is 0 Å². The maximum absolute atomic E-state index is 2.45. The van der Waals surface area contributed by atoms with Crippen LogP contribution in [-0.4, -0.2) is 9.13 Å². The van der Waals surface area contributed by atoms with Crippen LogP contribution in [0.5, 0.6) is 0 Å². The quantitative estimate of drug-likeness (QED) is 0.187. The summed E-state index contributed by atoms with van der Waals surface area (Å²) >= 11 is 0.